The standard InChI is InChI=1S/C13H13F3N2O4/c14-5-7(11(15)16)17-12(20)10(19)9-4-6(13(21)22)8-2-1-3-18(8)9/h4,7,11H,1-3,5H2,(H,17,20)(H,21,22). The third-order valence-corrected chi connectivity index (χ3v) is 3.46. The van der Waals surface area contributed by atoms with Gasteiger partial charge in [0.2, 0.25) is 0 Å². The highest BCUT2D eigenvalue weighted by Crippen LogP contribution is 2.24. The predicted molar refractivity (Wildman–Crippen MR) is 68.0 cm³/mol. The number of Topliss-reactive ketones (excluding diaryl/α,β-unsaturated/α-hetero) is 1. The Labute approximate surface area is 122 Å². The second kappa shape index (κ2) is 6.20. The van der Waals surface area contributed by atoms with Crippen LogP contribution < -0.4 is 5.32 Å². The molecule has 1 aliphatic heterocycles. The van der Waals surface area contributed by atoms with Gasteiger partial charge < -0.3 is 15.0 Å². The average Bonchev–Trinajstić information content (AvgIpc) is 3.04. The van der Waals surface area contributed by atoms with Crippen LogP contribution in [0, 0.1) is 0 Å². The van der Waals surface area contributed by atoms with Crippen LogP contribution in [-0.4, -0.2) is 46.5 Å². The van der Waals surface area contributed by atoms with Gasteiger partial charge in [0.05, 0.1) is 11.3 Å². The molecule has 0 radical (unpaired) electrons. The van der Waals surface area contributed by atoms with E-state index in [0.29, 0.717) is 25.1 Å². The lowest BCUT2D eigenvalue weighted by molar-refractivity contribution is -0.119. The summed E-state index contributed by atoms with van der Waals surface area (Å²) in [6.07, 6.45) is -2.09. The SMILES string of the molecule is O=C(NC(CF)C(F)F)C(=O)c1cc(C(=O)O)c2n1CCC2. The van der Waals surface area contributed by atoms with Gasteiger partial charge in [0.15, 0.2) is 0 Å². The highest BCUT2D eigenvalue weighted by atomic mass is 19.3. The molecule has 2 heterocycles. The number of nitrogens with one attached hydrogen (secondary N) is 1. The number of fused-ring (bicyclic) bond motifs is 1. The monoisotopic (exact) mass is 318 g/mol. The summed E-state index contributed by atoms with van der Waals surface area (Å²) in [6, 6.07) is -1.02. The van der Waals surface area contributed by atoms with Crippen LogP contribution in [0.3, 0.4) is 0 Å². The summed E-state index contributed by atoms with van der Waals surface area (Å²) < 4.78 is 38.6. The maximum absolute atomic E-state index is 12.4. The molecule has 120 valence electrons. The van der Waals surface area contributed by atoms with E-state index in [1.165, 1.54) is 4.57 Å². The Balaban J connectivity index is 2.25. The molecule has 0 bridgehead atoms. The fraction of sp³-hybridized carbons (Fsp3) is 0.462. The van der Waals surface area contributed by atoms with Gasteiger partial charge >= 0.3 is 5.97 Å². The van der Waals surface area contributed by atoms with E-state index in [9.17, 15) is 27.6 Å². The van der Waals surface area contributed by atoms with E-state index in [1.807, 2.05) is 0 Å². The molecule has 0 aliphatic carbocycles. The number of nitrogens with zero attached hydrogens (tertiary/aromatic N) is 1. The lowest BCUT2D eigenvalue weighted by Gasteiger charge is -2.13. The average molecular weight is 318 g/mol. The van der Waals surface area contributed by atoms with Crippen LogP contribution in [0.1, 0.15) is 33.0 Å². The number of carboxylic acid groups (broad SMARTS) is 1. The number of aromatic nitrogens is 1. The third-order valence-electron chi connectivity index (χ3n) is 3.46. The number of rotatable bonds is 6. The number of hydrogen-bond acceptors (Lipinski definition) is 3. The number of aromatic carboxylic acids is 1. The van der Waals surface area contributed by atoms with Gasteiger partial charge in [0.1, 0.15) is 12.7 Å². The number of alkyl halides is 3. The third kappa shape index (κ3) is 2.83. The summed E-state index contributed by atoms with van der Waals surface area (Å²) in [5.74, 6) is -3.78. The summed E-state index contributed by atoms with van der Waals surface area (Å²) in [7, 11) is 0. The number of ketones is 1. The van der Waals surface area contributed by atoms with E-state index < -0.39 is 36.8 Å². The fourth-order valence-corrected chi connectivity index (χ4v) is 2.41. The van der Waals surface area contributed by atoms with Crippen LogP contribution >= 0.6 is 0 Å². The predicted octanol–water partition coefficient (Wildman–Crippen LogP) is 1.03. The molecule has 0 aromatic carbocycles. The first-order valence-electron chi connectivity index (χ1n) is 6.51. The van der Waals surface area contributed by atoms with Crippen molar-refractivity contribution in [2.24, 2.45) is 0 Å². The minimum Gasteiger partial charge on any atom is -0.478 e. The first kappa shape index (κ1) is 16.1. The van der Waals surface area contributed by atoms with Crippen molar-refractivity contribution in [3.05, 3.63) is 23.0 Å². The van der Waals surface area contributed by atoms with Crippen molar-refractivity contribution in [2.45, 2.75) is 31.9 Å². The normalized spacial score (nSPS) is 14.7. The highest BCUT2D eigenvalue weighted by Gasteiger charge is 2.31. The fourth-order valence-electron chi connectivity index (χ4n) is 2.41. The molecule has 1 aliphatic rings. The molecule has 1 amide bonds. The Morgan fingerprint density at radius 2 is 2.05 bits per heavy atom. The van der Waals surface area contributed by atoms with Crippen molar-refractivity contribution < 1.29 is 32.7 Å². The van der Waals surface area contributed by atoms with E-state index in [-0.39, 0.29) is 11.3 Å². The quantitative estimate of drug-likeness (QED) is 0.606. The van der Waals surface area contributed by atoms with Crippen LogP contribution in [0.4, 0.5) is 13.2 Å². The van der Waals surface area contributed by atoms with E-state index in [1.54, 1.807) is 5.32 Å². The van der Waals surface area contributed by atoms with Crippen LogP contribution in [0.5, 0.6) is 0 Å². The summed E-state index contributed by atoms with van der Waals surface area (Å²) in [6.45, 7) is -1.15. The molecule has 0 saturated heterocycles. The molecule has 0 saturated carbocycles. The van der Waals surface area contributed by atoms with Crippen LogP contribution in [0.25, 0.3) is 0 Å². The molecule has 6 nitrogen and oxygen atoms in total. The molecular weight excluding hydrogens is 305 g/mol. The lowest BCUT2D eigenvalue weighted by Crippen LogP contribution is -2.45. The zero-order chi connectivity index (χ0) is 16.4. The zero-order valence-electron chi connectivity index (χ0n) is 11.3. The molecular formula is C13H13F3N2O4. The van der Waals surface area contributed by atoms with Gasteiger partial charge in [-0.25, -0.2) is 18.0 Å². The van der Waals surface area contributed by atoms with E-state index in [4.69, 9.17) is 5.11 Å². The van der Waals surface area contributed by atoms with E-state index >= 15 is 0 Å². The minimum absolute atomic E-state index is 0.0930. The molecule has 9 heteroatoms. The maximum Gasteiger partial charge on any atom is 0.337 e. The summed E-state index contributed by atoms with van der Waals surface area (Å²) >= 11 is 0. The van der Waals surface area contributed by atoms with Crippen molar-refractivity contribution in [2.75, 3.05) is 6.67 Å². The summed E-state index contributed by atoms with van der Waals surface area (Å²) in [5.41, 5.74) is 0.137. The maximum atomic E-state index is 12.4. The smallest absolute Gasteiger partial charge is 0.337 e. The van der Waals surface area contributed by atoms with Gasteiger partial charge in [-0.15, -0.1) is 0 Å². The van der Waals surface area contributed by atoms with Gasteiger partial charge in [0, 0.05) is 12.2 Å². The Hall–Kier alpha value is -2.32. The van der Waals surface area contributed by atoms with Gasteiger partial charge in [-0.1, -0.05) is 0 Å². The molecule has 1 unspecified atom stereocenters. The van der Waals surface area contributed by atoms with Crippen LogP contribution in [-0.2, 0) is 17.8 Å². The number of carbonyl (C=O) groups is 3. The first-order chi connectivity index (χ1) is 10.4. The van der Waals surface area contributed by atoms with E-state index in [2.05, 4.69) is 0 Å². The van der Waals surface area contributed by atoms with Gasteiger partial charge in [-0.3, -0.25) is 9.59 Å². The van der Waals surface area contributed by atoms with E-state index in [0.717, 1.165) is 6.07 Å². The number of carbonyl (C=O) groups excluding carboxylic acids is 2. The van der Waals surface area contributed by atoms with Crippen molar-refractivity contribution in [1.29, 1.82) is 0 Å². The van der Waals surface area contributed by atoms with Gasteiger partial charge in [-0.2, -0.15) is 0 Å². The minimum atomic E-state index is -3.14. The van der Waals surface area contributed by atoms with Crippen molar-refractivity contribution in [1.82, 2.24) is 9.88 Å². The Morgan fingerprint density at radius 1 is 1.36 bits per heavy atom. The van der Waals surface area contributed by atoms with Gasteiger partial charge in [-0.05, 0) is 18.9 Å². The van der Waals surface area contributed by atoms with Gasteiger partial charge in [0.25, 0.3) is 18.1 Å². The molecule has 0 fully saturated rings. The lowest BCUT2D eigenvalue weighted by atomic mass is 10.1. The first-order valence-corrected chi connectivity index (χ1v) is 6.51. The van der Waals surface area contributed by atoms with Crippen LogP contribution in [0.15, 0.2) is 6.07 Å². The summed E-state index contributed by atoms with van der Waals surface area (Å²) in [5, 5.41) is 10.7. The Bertz CT molecular complexity index is 627. The van der Waals surface area contributed by atoms with Crippen molar-refractivity contribution in [3.8, 4) is 0 Å². The topological polar surface area (TPSA) is 88.4 Å². The molecule has 1 aromatic heterocycles. The number of amides is 1. The second-order valence-electron chi connectivity index (χ2n) is 4.85. The number of hydrogen-bond donors (Lipinski definition) is 2. The Morgan fingerprint density at radius 3 is 2.59 bits per heavy atom. The van der Waals surface area contributed by atoms with Crippen molar-refractivity contribution >= 4 is 17.7 Å². The number of carboxylic acids is 1. The molecule has 22 heavy (non-hydrogen) atoms. The Kier molecular flexibility index (Phi) is 4.53. The second-order valence-corrected chi connectivity index (χ2v) is 4.85. The van der Waals surface area contributed by atoms with Crippen LogP contribution in [0.2, 0.25) is 0 Å². The zero-order valence-corrected chi connectivity index (χ0v) is 11.3. The molecule has 2 rings (SSSR count). The highest BCUT2D eigenvalue weighted by molar-refractivity contribution is 6.42. The number of halogens is 3. The summed E-state index contributed by atoms with van der Waals surface area (Å²) in [4.78, 5) is 34.8. The largest absolute Gasteiger partial charge is 0.478 e. The molecule has 1 aromatic rings. The molecule has 2 N–H and O–H groups in total. The van der Waals surface area contributed by atoms with Crippen molar-refractivity contribution in [3.63, 3.8) is 0 Å². The molecule has 0 spiro atoms. The molecule has 1 atom stereocenters.